The predicted octanol–water partition coefficient (Wildman–Crippen LogP) is 4.45. The predicted molar refractivity (Wildman–Crippen MR) is 107 cm³/mol. The van der Waals surface area contributed by atoms with Gasteiger partial charge in [0.05, 0.1) is 11.7 Å². The molecule has 0 aliphatic heterocycles. The highest BCUT2D eigenvalue weighted by molar-refractivity contribution is 7.19. The Bertz CT molecular complexity index is 1070. The summed E-state index contributed by atoms with van der Waals surface area (Å²) in [7, 11) is 0. The van der Waals surface area contributed by atoms with E-state index in [-0.39, 0.29) is 24.0 Å². The van der Waals surface area contributed by atoms with E-state index < -0.39 is 5.97 Å². The summed E-state index contributed by atoms with van der Waals surface area (Å²) >= 11 is 1.41. The van der Waals surface area contributed by atoms with Crippen LogP contribution in [0.15, 0.2) is 35.4 Å². The Balaban J connectivity index is 1.66. The van der Waals surface area contributed by atoms with Gasteiger partial charge in [-0.05, 0) is 50.3 Å². The first-order valence-corrected chi connectivity index (χ1v) is 10.3. The van der Waals surface area contributed by atoms with E-state index in [0.717, 1.165) is 41.7 Å². The van der Waals surface area contributed by atoms with Gasteiger partial charge in [-0.1, -0.05) is 18.6 Å². The minimum absolute atomic E-state index is 0.0492. The third-order valence-corrected chi connectivity index (χ3v) is 6.15. The summed E-state index contributed by atoms with van der Waals surface area (Å²) in [5, 5.41) is 0.460. The van der Waals surface area contributed by atoms with E-state index in [9.17, 15) is 14.0 Å². The fraction of sp³-hybridized carbons (Fsp3) is 0.381. The molecule has 1 aliphatic rings. The smallest absolute Gasteiger partial charge is 0.326 e. The fourth-order valence-electron chi connectivity index (χ4n) is 3.76. The molecule has 0 N–H and O–H groups in total. The second kappa shape index (κ2) is 7.83. The third-order valence-electron chi connectivity index (χ3n) is 5.14. The standard InChI is InChI=1S/C21H21FN2O3S/c1-13-18(14-7-9-15(22)10-8-14)19-20(28-13)23-12-24(21(19)26)11-17(25)27-16-5-3-2-4-6-16/h7-10,12,16H,2-6,11H2,1H3. The summed E-state index contributed by atoms with van der Waals surface area (Å²) in [6, 6.07) is 6.04. The Morgan fingerprint density at radius 2 is 1.96 bits per heavy atom. The van der Waals surface area contributed by atoms with Crippen molar-refractivity contribution >= 4 is 27.5 Å². The van der Waals surface area contributed by atoms with Crippen molar-refractivity contribution < 1.29 is 13.9 Å². The number of aryl methyl sites for hydroxylation is 1. The minimum atomic E-state index is -0.412. The molecule has 28 heavy (non-hydrogen) atoms. The number of fused-ring (bicyclic) bond motifs is 1. The first-order chi connectivity index (χ1) is 13.5. The number of rotatable bonds is 4. The van der Waals surface area contributed by atoms with Crippen LogP contribution in [0, 0.1) is 12.7 Å². The van der Waals surface area contributed by atoms with Crippen LogP contribution in [-0.4, -0.2) is 21.6 Å². The van der Waals surface area contributed by atoms with E-state index in [0.29, 0.717) is 10.2 Å². The number of ether oxygens (including phenoxy) is 1. The van der Waals surface area contributed by atoms with Crippen molar-refractivity contribution in [3.05, 3.63) is 51.6 Å². The lowest BCUT2D eigenvalue weighted by Gasteiger charge is -2.21. The molecule has 2 aromatic heterocycles. The van der Waals surface area contributed by atoms with Gasteiger partial charge in [-0.2, -0.15) is 0 Å². The van der Waals surface area contributed by atoms with Gasteiger partial charge in [0, 0.05) is 10.4 Å². The zero-order valence-corrected chi connectivity index (χ0v) is 16.4. The van der Waals surface area contributed by atoms with Gasteiger partial charge < -0.3 is 4.74 Å². The fourth-order valence-corrected chi connectivity index (χ4v) is 4.76. The van der Waals surface area contributed by atoms with E-state index in [1.165, 1.54) is 40.8 Å². The van der Waals surface area contributed by atoms with Gasteiger partial charge in [-0.3, -0.25) is 14.2 Å². The highest BCUT2D eigenvalue weighted by atomic mass is 32.1. The number of hydrogen-bond donors (Lipinski definition) is 0. The molecule has 1 aliphatic carbocycles. The van der Waals surface area contributed by atoms with Crippen LogP contribution in [-0.2, 0) is 16.1 Å². The summed E-state index contributed by atoms with van der Waals surface area (Å²) < 4.78 is 20.1. The second-order valence-electron chi connectivity index (χ2n) is 7.15. The molecule has 0 unspecified atom stereocenters. The van der Waals surface area contributed by atoms with E-state index in [4.69, 9.17) is 4.74 Å². The molecule has 0 amide bonds. The van der Waals surface area contributed by atoms with E-state index >= 15 is 0 Å². The molecule has 2 heterocycles. The van der Waals surface area contributed by atoms with Crippen molar-refractivity contribution in [1.82, 2.24) is 9.55 Å². The van der Waals surface area contributed by atoms with Crippen molar-refractivity contribution in [2.75, 3.05) is 0 Å². The van der Waals surface area contributed by atoms with Crippen LogP contribution in [0.25, 0.3) is 21.3 Å². The molecule has 0 bridgehead atoms. The maximum absolute atomic E-state index is 13.3. The molecule has 4 rings (SSSR count). The van der Waals surface area contributed by atoms with Gasteiger partial charge in [-0.25, -0.2) is 9.37 Å². The van der Waals surface area contributed by atoms with Crippen LogP contribution in [0.4, 0.5) is 4.39 Å². The Morgan fingerprint density at radius 3 is 2.68 bits per heavy atom. The SMILES string of the molecule is Cc1sc2ncn(CC(=O)OC3CCCCC3)c(=O)c2c1-c1ccc(F)cc1. The molecule has 0 radical (unpaired) electrons. The number of aromatic nitrogens is 2. The molecule has 0 spiro atoms. The molecule has 5 nitrogen and oxygen atoms in total. The molecule has 1 saturated carbocycles. The third kappa shape index (κ3) is 3.71. The summed E-state index contributed by atoms with van der Waals surface area (Å²) in [6.45, 7) is 1.75. The molecular weight excluding hydrogens is 379 g/mol. The molecule has 3 aromatic rings. The van der Waals surface area contributed by atoms with Crippen LogP contribution < -0.4 is 5.56 Å². The van der Waals surface area contributed by atoms with E-state index in [1.807, 2.05) is 6.92 Å². The summed E-state index contributed by atoms with van der Waals surface area (Å²) in [6.07, 6.45) is 6.44. The zero-order chi connectivity index (χ0) is 19.7. The topological polar surface area (TPSA) is 61.2 Å². The number of esters is 1. The van der Waals surface area contributed by atoms with Gasteiger partial charge in [0.15, 0.2) is 0 Å². The van der Waals surface area contributed by atoms with E-state index in [2.05, 4.69) is 4.98 Å². The molecule has 146 valence electrons. The lowest BCUT2D eigenvalue weighted by atomic mass is 9.98. The summed E-state index contributed by atoms with van der Waals surface area (Å²) in [5.41, 5.74) is 1.22. The first-order valence-electron chi connectivity index (χ1n) is 9.47. The molecular formula is C21H21FN2O3S. The maximum Gasteiger partial charge on any atom is 0.326 e. The van der Waals surface area contributed by atoms with Crippen molar-refractivity contribution in [2.45, 2.75) is 51.7 Å². The first kappa shape index (κ1) is 18.8. The van der Waals surface area contributed by atoms with Gasteiger partial charge >= 0.3 is 5.97 Å². The molecule has 0 saturated heterocycles. The zero-order valence-electron chi connectivity index (χ0n) is 15.6. The number of halogens is 1. The lowest BCUT2D eigenvalue weighted by molar-refractivity contribution is -0.151. The number of nitrogens with zero attached hydrogens (tertiary/aromatic N) is 2. The summed E-state index contributed by atoms with van der Waals surface area (Å²) in [5.74, 6) is -0.743. The number of carbonyl (C=O) groups is 1. The van der Waals surface area contributed by atoms with Crippen LogP contribution in [0.3, 0.4) is 0 Å². The number of benzene rings is 1. The van der Waals surface area contributed by atoms with Crippen molar-refractivity contribution in [3.63, 3.8) is 0 Å². The highest BCUT2D eigenvalue weighted by Gasteiger charge is 2.20. The Kier molecular flexibility index (Phi) is 5.26. The van der Waals surface area contributed by atoms with Gasteiger partial charge in [-0.15, -0.1) is 11.3 Å². The van der Waals surface area contributed by atoms with Crippen LogP contribution >= 0.6 is 11.3 Å². The van der Waals surface area contributed by atoms with Crippen molar-refractivity contribution in [2.24, 2.45) is 0 Å². The second-order valence-corrected chi connectivity index (χ2v) is 8.35. The molecule has 0 atom stereocenters. The van der Waals surface area contributed by atoms with Crippen molar-refractivity contribution in [1.29, 1.82) is 0 Å². The number of hydrogen-bond acceptors (Lipinski definition) is 5. The normalized spacial score (nSPS) is 15.1. The van der Waals surface area contributed by atoms with Crippen LogP contribution in [0.1, 0.15) is 37.0 Å². The largest absolute Gasteiger partial charge is 0.461 e. The molecule has 1 aromatic carbocycles. The Hall–Kier alpha value is -2.54. The maximum atomic E-state index is 13.3. The average Bonchev–Trinajstić information content (AvgIpc) is 3.02. The van der Waals surface area contributed by atoms with Crippen molar-refractivity contribution in [3.8, 4) is 11.1 Å². The van der Waals surface area contributed by atoms with Crippen LogP contribution in [0.5, 0.6) is 0 Å². The number of thiophene rings is 1. The Labute approximate surface area is 165 Å². The number of carbonyl (C=O) groups excluding carboxylic acids is 1. The molecule has 1 fully saturated rings. The van der Waals surface area contributed by atoms with Crippen LogP contribution in [0.2, 0.25) is 0 Å². The highest BCUT2D eigenvalue weighted by Crippen LogP contribution is 2.35. The Morgan fingerprint density at radius 1 is 1.25 bits per heavy atom. The monoisotopic (exact) mass is 400 g/mol. The van der Waals surface area contributed by atoms with Gasteiger partial charge in [0.25, 0.3) is 5.56 Å². The quantitative estimate of drug-likeness (QED) is 0.607. The average molecular weight is 400 g/mol. The minimum Gasteiger partial charge on any atom is -0.461 e. The van der Waals surface area contributed by atoms with E-state index in [1.54, 1.807) is 12.1 Å². The van der Waals surface area contributed by atoms with Gasteiger partial charge in [0.1, 0.15) is 23.3 Å². The molecule has 7 heteroatoms. The lowest BCUT2D eigenvalue weighted by Crippen LogP contribution is -2.28. The van der Waals surface area contributed by atoms with Gasteiger partial charge in [0.2, 0.25) is 0 Å². The summed E-state index contributed by atoms with van der Waals surface area (Å²) in [4.78, 5) is 31.3.